The van der Waals surface area contributed by atoms with Gasteiger partial charge in [0.1, 0.15) is 5.82 Å². The minimum atomic E-state index is -2.70. The van der Waals surface area contributed by atoms with Crippen LogP contribution >= 0.6 is 0 Å². The van der Waals surface area contributed by atoms with Crippen LogP contribution in [0.5, 0.6) is 0 Å². The number of anilines is 1. The van der Waals surface area contributed by atoms with Gasteiger partial charge in [-0.2, -0.15) is 8.78 Å². The van der Waals surface area contributed by atoms with Gasteiger partial charge in [0, 0.05) is 37.6 Å². The molecule has 150 valence electrons. The van der Waals surface area contributed by atoms with Gasteiger partial charge in [-0.15, -0.1) is 0 Å². The quantitative estimate of drug-likeness (QED) is 0.760. The van der Waals surface area contributed by atoms with Crippen molar-refractivity contribution in [3.05, 3.63) is 48.0 Å². The smallest absolute Gasteiger partial charge is 0.319 e. The lowest BCUT2D eigenvalue weighted by molar-refractivity contribution is -0.122. The molecule has 0 spiro atoms. The Morgan fingerprint density at radius 1 is 1.36 bits per heavy atom. The van der Waals surface area contributed by atoms with Crippen LogP contribution in [0.15, 0.2) is 36.7 Å². The Balaban J connectivity index is 1.51. The molecule has 2 aromatic rings. The fraction of sp³-hybridized carbons (Fsp3) is 0.421. The summed E-state index contributed by atoms with van der Waals surface area (Å²) in [6, 6.07) is 6.84. The molecule has 1 aliphatic rings. The number of imidazole rings is 1. The first-order valence-corrected chi connectivity index (χ1v) is 9.12. The van der Waals surface area contributed by atoms with E-state index < -0.39 is 12.6 Å². The van der Waals surface area contributed by atoms with E-state index >= 15 is 0 Å². The summed E-state index contributed by atoms with van der Waals surface area (Å²) >= 11 is 0. The van der Waals surface area contributed by atoms with Gasteiger partial charge in [0.05, 0.1) is 6.54 Å². The van der Waals surface area contributed by atoms with Gasteiger partial charge >= 0.3 is 12.6 Å². The van der Waals surface area contributed by atoms with Crippen LogP contribution in [-0.2, 0) is 17.9 Å². The normalized spacial score (nSPS) is 13.9. The second-order valence-electron chi connectivity index (χ2n) is 6.86. The third-order valence-electron chi connectivity index (χ3n) is 4.80. The van der Waals surface area contributed by atoms with Crippen molar-refractivity contribution >= 4 is 17.6 Å². The van der Waals surface area contributed by atoms with E-state index in [4.69, 9.17) is 0 Å². The summed E-state index contributed by atoms with van der Waals surface area (Å²) in [4.78, 5) is 29.4. The van der Waals surface area contributed by atoms with Gasteiger partial charge in [0.15, 0.2) is 0 Å². The summed E-state index contributed by atoms with van der Waals surface area (Å²) in [6.45, 7) is -2.49. The number of urea groups is 1. The van der Waals surface area contributed by atoms with Crippen molar-refractivity contribution in [2.75, 3.05) is 12.4 Å². The summed E-state index contributed by atoms with van der Waals surface area (Å²) < 4.78 is 26.4. The number of hydrogen-bond acceptors (Lipinski definition) is 3. The highest BCUT2D eigenvalue weighted by Gasteiger charge is 2.25. The van der Waals surface area contributed by atoms with Gasteiger partial charge in [0.2, 0.25) is 5.91 Å². The molecule has 7 nitrogen and oxygen atoms in total. The van der Waals surface area contributed by atoms with Crippen molar-refractivity contribution in [1.29, 1.82) is 0 Å². The number of carbonyl (C=O) groups is 2. The number of aromatic nitrogens is 2. The van der Waals surface area contributed by atoms with Crippen molar-refractivity contribution in [3.8, 4) is 0 Å². The zero-order valence-electron chi connectivity index (χ0n) is 15.6. The standard InChI is InChI=1S/C19H23F2N5O2/c1-25(12-16-22-8-9-26(16)18(20)21)19(28)23-11-13-4-2-7-15(10-13)24-17(27)14-5-3-6-14/h2,4,7-10,14,18H,3,5-6,11-12H2,1H3,(H,23,28)(H,24,27). The number of benzene rings is 1. The number of rotatable bonds is 7. The zero-order valence-corrected chi connectivity index (χ0v) is 15.6. The van der Waals surface area contributed by atoms with Crippen LogP contribution in [0, 0.1) is 5.92 Å². The topological polar surface area (TPSA) is 79.3 Å². The molecule has 1 aromatic carbocycles. The van der Waals surface area contributed by atoms with E-state index in [1.807, 2.05) is 6.07 Å². The van der Waals surface area contributed by atoms with E-state index in [1.165, 1.54) is 24.3 Å². The van der Waals surface area contributed by atoms with Crippen LogP contribution in [0.3, 0.4) is 0 Å². The number of hydrogen-bond donors (Lipinski definition) is 2. The minimum Gasteiger partial charge on any atom is -0.334 e. The van der Waals surface area contributed by atoms with Crippen molar-refractivity contribution in [2.45, 2.75) is 38.9 Å². The predicted octanol–water partition coefficient (Wildman–Crippen LogP) is 3.36. The molecule has 0 saturated heterocycles. The monoisotopic (exact) mass is 391 g/mol. The molecular weight excluding hydrogens is 368 g/mol. The molecule has 0 aliphatic heterocycles. The van der Waals surface area contributed by atoms with Crippen molar-refractivity contribution < 1.29 is 18.4 Å². The molecule has 0 bridgehead atoms. The maximum atomic E-state index is 12.9. The summed E-state index contributed by atoms with van der Waals surface area (Å²) in [6.07, 6.45) is 5.40. The lowest BCUT2D eigenvalue weighted by atomic mass is 9.85. The first kappa shape index (κ1) is 19.8. The van der Waals surface area contributed by atoms with Crippen LogP contribution < -0.4 is 10.6 Å². The van der Waals surface area contributed by atoms with E-state index in [0.29, 0.717) is 5.69 Å². The summed E-state index contributed by atoms with van der Waals surface area (Å²) in [5.41, 5.74) is 1.51. The van der Waals surface area contributed by atoms with Crippen molar-refractivity contribution in [2.24, 2.45) is 5.92 Å². The first-order chi connectivity index (χ1) is 13.4. The van der Waals surface area contributed by atoms with E-state index in [0.717, 1.165) is 29.4 Å². The number of nitrogens with zero attached hydrogens (tertiary/aromatic N) is 3. The van der Waals surface area contributed by atoms with Gasteiger partial charge in [-0.25, -0.2) is 9.78 Å². The van der Waals surface area contributed by atoms with Gasteiger partial charge in [0.25, 0.3) is 0 Å². The van der Waals surface area contributed by atoms with Crippen LogP contribution in [-0.4, -0.2) is 33.4 Å². The van der Waals surface area contributed by atoms with Crippen LogP contribution in [0.1, 0.15) is 37.2 Å². The lowest BCUT2D eigenvalue weighted by Crippen LogP contribution is -2.37. The van der Waals surface area contributed by atoms with Crippen LogP contribution in [0.4, 0.5) is 19.3 Å². The molecule has 9 heteroatoms. The average molecular weight is 391 g/mol. The fourth-order valence-corrected chi connectivity index (χ4v) is 2.91. The molecule has 1 aliphatic carbocycles. The third kappa shape index (κ3) is 4.85. The maximum absolute atomic E-state index is 12.9. The van der Waals surface area contributed by atoms with E-state index in [9.17, 15) is 18.4 Å². The molecule has 1 aromatic heterocycles. The highest BCUT2D eigenvalue weighted by atomic mass is 19.3. The van der Waals surface area contributed by atoms with Gasteiger partial charge in [-0.05, 0) is 30.5 Å². The Kier molecular flexibility index (Phi) is 6.23. The average Bonchev–Trinajstić information content (AvgIpc) is 3.06. The number of nitrogens with one attached hydrogen (secondary N) is 2. The van der Waals surface area contributed by atoms with Crippen molar-refractivity contribution in [3.63, 3.8) is 0 Å². The van der Waals surface area contributed by atoms with Gasteiger partial charge in [-0.3, -0.25) is 9.36 Å². The molecular formula is C19H23F2N5O2. The molecule has 1 heterocycles. The highest BCUT2D eigenvalue weighted by molar-refractivity contribution is 5.93. The number of carbonyl (C=O) groups excluding carboxylic acids is 2. The molecule has 0 atom stereocenters. The first-order valence-electron chi connectivity index (χ1n) is 9.12. The van der Waals surface area contributed by atoms with E-state index in [2.05, 4.69) is 15.6 Å². The molecule has 2 N–H and O–H groups in total. The molecule has 28 heavy (non-hydrogen) atoms. The van der Waals surface area contributed by atoms with Crippen LogP contribution in [0.2, 0.25) is 0 Å². The molecule has 1 saturated carbocycles. The SMILES string of the molecule is CN(Cc1nccn1C(F)F)C(=O)NCc1cccc(NC(=O)C2CCC2)c1. The minimum absolute atomic E-state index is 0.0294. The number of amides is 3. The van der Waals surface area contributed by atoms with Crippen molar-refractivity contribution in [1.82, 2.24) is 19.8 Å². The Morgan fingerprint density at radius 2 is 2.14 bits per heavy atom. The fourth-order valence-electron chi connectivity index (χ4n) is 2.91. The molecule has 0 unspecified atom stereocenters. The Hall–Kier alpha value is -2.97. The Bertz CT molecular complexity index is 835. The number of alkyl halides is 2. The zero-order chi connectivity index (χ0) is 20.1. The largest absolute Gasteiger partial charge is 0.334 e. The summed E-state index contributed by atoms with van der Waals surface area (Å²) in [5.74, 6) is 0.229. The maximum Gasteiger partial charge on any atom is 0.319 e. The van der Waals surface area contributed by atoms with Gasteiger partial charge in [-0.1, -0.05) is 18.6 Å². The molecule has 3 rings (SSSR count). The van der Waals surface area contributed by atoms with Crippen LogP contribution in [0.25, 0.3) is 0 Å². The van der Waals surface area contributed by atoms with E-state index in [-0.39, 0.29) is 30.7 Å². The Labute approximate surface area is 161 Å². The summed E-state index contributed by atoms with van der Waals surface area (Å²) in [7, 11) is 1.51. The second-order valence-corrected chi connectivity index (χ2v) is 6.86. The molecule has 0 radical (unpaired) electrons. The lowest BCUT2D eigenvalue weighted by Gasteiger charge is -2.24. The second kappa shape index (κ2) is 8.81. The predicted molar refractivity (Wildman–Crippen MR) is 99.6 cm³/mol. The molecule has 3 amide bonds. The highest BCUT2D eigenvalue weighted by Crippen LogP contribution is 2.27. The summed E-state index contributed by atoms with van der Waals surface area (Å²) in [5, 5.41) is 5.63. The molecule has 1 fully saturated rings. The number of halogens is 2. The van der Waals surface area contributed by atoms with E-state index in [1.54, 1.807) is 18.2 Å². The Morgan fingerprint density at radius 3 is 2.82 bits per heavy atom. The van der Waals surface area contributed by atoms with Gasteiger partial charge < -0.3 is 15.5 Å². The third-order valence-corrected chi connectivity index (χ3v) is 4.80.